The van der Waals surface area contributed by atoms with Crippen molar-refractivity contribution in [2.75, 3.05) is 19.6 Å². The van der Waals surface area contributed by atoms with Gasteiger partial charge in [0.25, 0.3) is 0 Å². The van der Waals surface area contributed by atoms with E-state index in [1.54, 1.807) is 0 Å². The first-order valence-corrected chi connectivity index (χ1v) is 6.22. The maximum atomic E-state index is 11.6. The molecule has 0 aromatic rings. The summed E-state index contributed by atoms with van der Waals surface area (Å²) in [5.41, 5.74) is 0. The van der Waals surface area contributed by atoms with Crippen molar-refractivity contribution in [3.63, 3.8) is 0 Å². The van der Waals surface area contributed by atoms with E-state index in [0.29, 0.717) is 0 Å². The minimum Gasteiger partial charge on any atom is -0.356 e. The van der Waals surface area contributed by atoms with Crippen LogP contribution in [0.15, 0.2) is 0 Å². The molecule has 1 amide bonds. The molecular formula is C12H25ClN2O. The minimum absolute atomic E-state index is 0. The molecule has 96 valence electrons. The van der Waals surface area contributed by atoms with Gasteiger partial charge in [-0.25, -0.2) is 0 Å². The van der Waals surface area contributed by atoms with Gasteiger partial charge in [0, 0.05) is 12.5 Å². The lowest BCUT2D eigenvalue weighted by Gasteiger charge is -2.12. The second-order valence-corrected chi connectivity index (χ2v) is 4.63. The molecular weight excluding hydrogens is 224 g/mol. The Morgan fingerprint density at radius 2 is 2.31 bits per heavy atom. The first-order valence-electron chi connectivity index (χ1n) is 6.22. The summed E-state index contributed by atoms with van der Waals surface area (Å²) >= 11 is 0. The highest BCUT2D eigenvalue weighted by atomic mass is 35.5. The third-order valence-corrected chi connectivity index (χ3v) is 3.18. The monoisotopic (exact) mass is 248 g/mol. The van der Waals surface area contributed by atoms with Gasteiger partial charge < -0.3 is 10.6 Å². The number of carbonyl (C=O) groups is 1. The summed E-state index contributed by atoms with van der Waals surface area (Å²) in [4.78, 5) is 11.6. The van der Waals surface area contributed by atoms with Crippen LogP contribution in [0.5, 0.6) is 0 Å². The Hall–Kier alpha value is -0.280. The van der Waals surface area contributed by atoms with E-state index in [-0.39, 0.29) is 24.2 Å². The molecule has 3 nitrogen and oxygen atoms in total. The Morgan fingerprint density at radius 3 is 2.88 bits per heavy atom. The highest BCUT2D eigenvalue weighted by molar-refractivity contribution is 5.85. The fraction of sp³-hybridized carbons (Fsp3) is 0.917. The van der Waals surface area contributed by atoms with Gasteiger partial charge in [-0.2, -0.15) is 0 Å². The van der Waals surface area contributed by atoms with Crippen molar-refractivity contribution in [2.45, 2.75) is 39.5 Å². The average molecular weight is 249 g/mol. The van der Waals surface area contributed by atoms with Crippen LogP contribution in [0.1, 0.15) is 39.5 Å². The Morgan fingerprint density at radius 1 is 1.56 bits per heavy atom. The number of carbonyl (C=O) groups excluding carboxylic acids is 1. The smallest absolute Gasteiger partial charge is 0.222 e. The van der Waals surface area contributed by atoms with Crippen LogP contribution >= 0.6 is 12.4 Å². The van der Waals surface area contributed by atoms with Crippen LogP contribution in [0.4, 0.5) is 0 Å². The summed E-state index contributed by atoms with van der Waals surface area (Å²) in [7, 11) is 0. The zero-order chi connectivity index (χ0) is 11.1. The van der Waals surface area contributed by atoms with Crippen molar-refractivity contribution in [1.82, 2.24) is 10.6 Å². The lowest BCUT2D eigenvalue weighted by Crippen LogP contribution is -2.31. The van der Waals surface area contributed by atoms with Gasteiger partial charge in [0.15, 0.2) is 0 Å². The molecule has 16 heavy (non-hydrogen) atoms. The minimum atomic E-state index is 0. The molecule has 0 aromatic carbocycles. The summed E-state index contributed by atoms with van der Waals surface area (Å²) in [6.07, 6.45) is 4.47. The van der Waals surface area contributed by atoms with Crippen molar-refractivity contribution in [3.8, 4) is 0 Å². The van der Waals surface area contributed by atoms with Crippen molar-refractivity contribution in [1.29, 1.82) is 0 Å². The van der Waals surface area contributed by atoms with Crippen LogP contribution < -0.4 is 10.6 Å². The molecule has 1 rings (SSSR count). The van der Waals surface area contributed by atoms with Crippen molar-refractivity contribution >= 4 is 18.3 Å². The van der Waals surface area contributed by atoms with Crippen molar-refractivity contribution in [2.24, 2.45) is 11.8 Å². The van der Waals surface area contributed by atoms with Crippen LogP contribution in [0.2, 0.25) is 0 Å². The normalized spacial score (nSPS) is 21.2. The Balaban J connectivity index is 0.00000225. The Bertz CT molecular complexity index is 193. The molecule has 1 aliphatic rings. The standard InChI is InChI=1S/C12H24N2O.ClH/c1-3-4-10(2)12(15)14-8-6-11-5-7-13-9-11;/h10-11,13H,3-9H2,1-2H3,(H,14,15);1H. The van der Waals surface area contributed by atoms with Crippen LogP contribution in [0.3, 0.4) is 0 Å². The summed E-state index contributed by atoms with van der Waals surface area (Å²) in [6.45, 7) is 7.24. The van der Waals surface area contributed by atoms with Gasteiger partial charge in [-0.3, -0.25) is 4.79 Å². The van der Waals surface area contributed by atoms with Gasteiger partial charge in [0.05, 0.1) is 0 Å². The SMILES string of the molecule is CCCC(C)C(=O)NCCC1CCNC1.Cl. The van der Waals surface area contributed by atoms with E-state index in [9.17, 15) is 4.79 Å². The number of hydrogen-bond acceptors (Lipinski definition) is 2. The van der Waals surface area contributed by atoms with E-state index in [2.05, 4.69) is 17.6 Å². The van der Waals surface area contributed by atoms with E-state index in [1.165, 1.54) is 6.42 Å². The molecule has 0 radical (unpaired) electrons. The largest absolute Gasteiger partial charge is 0.356 e. The summed E-state index contributed by atoms with van der Waals surface area (Å²) in [5.74, 6) is 1.17. The summed E-state index contributed by atoms with van der Waals surface area (Å²) in [6, 6.07) is 0. The topological polar surface area (TPSA) is 41.1 Å². The van der Waals surface area contributed by atoms with E-state index >= 15 is 0 Å². The van der Waals surface area contributed by atoms with Crippen LogP contribution in [-0.4, -0.2) is 25.5 Å². The fourth-order valence-corrected chi connectivity index (χ4v) is 2.10. The predicted molar refractivity (Wildman–Crippen MR) is 69.9 cm³/mol. The third kappa shape index (κ3) is 5.71. The van der Waals surface area contributed by atoms with Gasteiger partial charge in [-0.1, -0.05) is 20.3 Å². The highest BCUT2D eigenvalue weighted by Gasteiger charge is 2.15. The zero-order valence-corrected chi connectivity index (χ0v) is 11.2. The predicted octanol–water partition coefficient (Wildman–Crippen LogP) is 1.96. The number of halogens is 1. The Kier molecular flexibility index (Phi) is 8.67. The van der Waals surface area contributed by atoms with E-state index in [4.69, 9.17) is 0 Å². The van der Waals surface area contributed by atoms with Gasteiger partial charge in [0.2, 0.25) is 5.91 Å². The van der Waals surface area contributed by atoms with E-state index < -0.39 is 0 Å². The van der Waals surface area contributed by atoms with E-state index in [1.807, 2.05) is 6.92 Å². The van der Waals surface area contributed by atoms with E-state index in [0.717, 1.165) is 44.8 Å². The van der Waals surface area contributed by atoms with Crippen LogP contribution in [0, 0.1) is 11.8 Å². The molecule has 4 heteroatoms. The molecule has 0 saturated carbocycles. The summed E-state index contributed by atoms with van der Waals surface area (Å²) in [5, 5.41) is 6.37. The zero-order valence-electron chi connectivity index (χ0n) is 10.4. The van der Waals surface area contributed by atoms with Crippen molar-refractivity contribution < 1.29 is 4.79 Å². The molecule has 0 bridgehead atoms. The quantitative estimate of drug-likeness (QED) is 0.755. The average Bonchev–Trinajstić information content (AvgIpc) is 2.71. The van der Waals surface area contributed by atoms with Crippen LogP contribution in [0.25, 0.3) is 0 Å². The third-order valence-electron chi connectivity index (χ3n) is 3.18. The number of rotatable bonds is 6. The second kappa shape index (κ2) is 8.82. The molecule has 2 unspecified atom stereocenters. The first kappa shape index (κ1) is 15.7. The lowest BCUT2D eigenvalue weighted by atomic mass is 10.0. The first-order chi connectivity index (χ1) is 7.24. The number of nitrogens with one attached hydrogen (secondary N) is 2. The molecule has 0 aliphatic carbocycles. The van der Waals surface area contributed by atoms with Crippen LogP contribution in [-0.2, 0) is 4.79 Å². The summed E-state index contributed by atoms with van der Waals surface area (Å²) < 4.78 is 0. The molecule has 1 saturated heterocycles. The van der Waals surface area contributed by atoms with Gasteiger partial charge >= 0.3 is 0 Å². The highest BCUT2D eigenvalue weighted by Crippen LogP contribution is 2.11. The molecule has 0 aromatic heterocycles. The lowest BCUT2D eigenvalue weighted by molar-refractivity contribution is -0.124. The molecule has 2 atom stereocenters. The van der Waals surface area contributed by atoms with Gasteiger partial charge in [-0.05, 0) is 38.3 Å². The van der Waals surface area contributed by atoms with Crippen molar-refractivity contribution in [3.05, 3.63) is 0 Å². The maximum Gasteiger partial charge on any atom is 0.222 e. The van der Waals surface area contributed by atoms with Gasteiger partial charge in [0.1, 0.15) is 0 Å². The molecule has 1 fully saturated rings. The van der Waals surface area contributed by atoms with Gasteiger partial charge in [-0.15, -0.1) is 12.4 Å². The molecule has 2 N–H and O–H groups in total. The number of amides is 1. The maximum absolute atomic E-state index is 11.6. The second-order valence-electron chi connectivity index (χ2n) is 4.63. The molecule has 1 heterocycles. The molecule has 0 spiro atoms. The fourth-order valence-electron chi connectivity index (χ4n) is 2.10. The molecule has 1 aliphatic heterocycles. The Labute approximate surface area is 105 Å². The number of hydrogen-bond donors (Lipinski definition) is 2.